The maximum Gasteiger partial charge on any atom is 0.194 e. The standard InChI is InChI=1S/C21H32N6O2/c1-16-8-5-6-10-19(16)29-13-11-26(3)21(22-14-18-9-7-12-28-18)23-15-20-25-24-17(2)27(20)4/h5-6,8,10,18H,7,9,11-15H2,1-4H3,(H,22,23). The molecule has 1 aromatic carbocycles. The van der Waals surface area contributed by atoms with Crippen molar-refractivity contribution >= 4 is 5.96 Å². The van der Waals surface area contributed by atoms with Crippen molar-refractivity contribution in [3.8, 4) is 5.75 Å². The number of nitrogens with one attached hydrogen (secondary N) is 1. The zero-order chi connectivity index (χ0) is 20.6. The molecule has 2 aromatic rings. The van der Waals surface area contributed by atoms with Gasteiger partial charge < -0.3 is 24.3 Å². The second kappa shape index (κ2) is 10.2. The molecule has 1 aromatic heterocycles. The molecule has 0 spiro atoms. The molecule has 1 saturated heterocycles. The molecule has 1 fully saturated rings. The third-order valence-corrected chi connectivity index (χ3v) is 5.20. The van der Waals surface area contributed by atoms with E-state index in [-0.39, 0.29) is 6.10 Å². The first kappa shape index (κ1) is 21.1. The van der Waals surface area contributed by atoms with Gasteiger partial charge in [0, 0.05) is 27.2 Å². The van der Waals surface area contributed by atoms with Crippen LogP contribution in [0.25, 0.3) is 0 Å². The van der Waals surface area contributed by atoms with Gasteiger partial charge in [0.2, 0.25) is 0 Å². The predicted octanol–water partition coefficient (Wildman–Crippen LogP) is 2.07. The number of hydrogen-bond acceptors (Lipinski definition) is 5. The summed E-state index contributed by atoms with van der Waals surface area (Å²) < 4.78 is 13.6. The molecule has 3 rings (SSSR count). The van der Waals surface area contributed by atoms with Gasteiger partial charge in [-0.25, -0.2) is 4.99 Å². The molecule has 0 aliphatic carbocycles. The summed E-state index contributed by atoms with van der Waals surface area (Å²) in [5.41, 5.74) is 1.14. The molecule has 0 radical (unpaired) electrons. The van der Waals surface area contributed by atoms with E-state index >= 15 is 0 Å². The van der Waals surface area contributed by atoms with Gasteiger partial charge in [0.25, 0.3) is 0 Å². The van der Waals surface area contributed by atoms with Gasteiger partial charge in [-0.1, -0.05) is 18.2 Å². The summed E-state index contributed by atoms with van der Waals surface area (Å²) in [6, 6.07) is 8.06. The van der Waals surface area contributed by atoms with Crippen molar-refractivity contribution in [1.82, 2.24) is 25.0 Å². The number of para-hydroxylation sites is 1. The molecule has 0 amide bonds. The van der Waals surface area contributed by atoms with E-state index in [4.69, 9.17) is 14.5 Å². The summed E-state index contributed by atoms with van der Waals surface area (Å²) in [6.07, 6.45) is 2.45. The summed E-state index contributed by atoms with van der Waals surface area (Å²) in [5.74, 6) is 3.45. The zero-order valence-corrected chi connectivity index (χ0v) is 17.9. The fraction of sp³-hybridized carbons (Fsp3) is 0.571. The Balaban J connectivity index is 1.59. The smallest absolute Gasteiger partial charge is 0.194 e. The molecule has 1 atom stereocenters. The Kier molecular flexibility index (Phi) is 7.46. The largest absolute Gasteiger partial charge is 0.491 e. The first-order chi connectivity index (χ1) is 14.0. The van der Waals surface area contributed by atoms with Gasteiger partial charge in [0.15, 0.2) is 11.8 Å². The Morgan fingerprint density at radius 2 is 2.17 bits per heavy atom. The molecule has 8 heteroatoms. The van der Waals surface area contributed by atoms with Crippen LogP contribution in [-0.2, 0) is 18.3 Å². The van der Waals surface area contributed by atoms with Gasteiger partial charge in [-0.2, -0.15) is 0 Å². The number of aromatic nitrogens is 3. The van der Waals surface area contributed by atoms with Crippen molar-refractivity contribution in [2.45, 2.75) is 39.3 Å². The Morgan fingerprint density at radius 1 is 1.34 bits per heavy atom. The van der Waals surface area contributed by atoms with E-state index < -0.39 is 0 Å². The summed E-state index contributed by atoms with van der Waals surface area (Å²) in [5, 5.41) is 11.8. The van der Waals surface area contributed by atoms with Crippen LogP contribution in [0.1, 0.15) is 30.1 Å². The van der Waals surface area contributed by atoms with Crippen LogP contribution in [-0.4, -0.2) is 65.1 Å². The summed E-state index contributed by atoms with van der Waals surface area (Å²) in [4.78, 5) is 6.85. The average molecular weight is 401 g/mol. The normalized spacial score (nSPS) is 16.8. The highest BCUT2D eigenvalue weighted by atomic mass is 16.5. The van der Waals surface area contributed by atoms with Crippen LogP contribution in [0.15, 0.2) is 29.3 Å². The lowest BCUT2D eigenvalue weighted by molar-refractivity contribution is 0.113. The Labute approximate surface area is 172 Å². The molecule has 0 bridgehead atoms. The topological polar surface area (TPSA) is 76.8 Å². The molecule has 0 saturated carbocycles. The number of likely N-dealkylation sites (N-methyl/N-ethyl adjacent to an activating group) is 1. The van der Waals surface area contributed by atoms with Crippen LogP contribution in [0.4, 0.5) is 0 Å². The van der Waals surface area contributed by atoms with Crippen molar-refractivity contribution in [3.63, 3.8) is 0 Å². The number of hydrogen-bond donors (Lipinski definition) is 1. The SMILES string of the molecule is Cc1ccccc1OCCN(C)C(=NCc1nnc(C)n1C)NCC1CCCO1. The first-order valence-electron chi connectivity index (χ1n) is 10.2. The molecule has 1 aliphatic heterocycles. The van der Waals surface area contributed by atoms with E-state index in [1.807, 2.05) is 43.8 Å². The fourth-order valence-corrected chi connectivity index (χ4v) is 3.17. The molecule has 8 nitrogen and oxygen atoms in total. The van der Waals surface area contributed by atoms with E-state index in [9.17, 15) is 0 Å². The maximum atomic E-state index is 5.95. The number of ether oxygens (including phenoxy) is 2. The van der Waals surface area contributed by atoms with Crippen molar-refractivity contribution in [3.05, 3.63) is 41.5 Å². The second-order valence-electron chi connectivity index (χ2n) is 7.41. The molecule has 1 aliphatic rings. The minimum atomic E-state index is 0.244. The Hall–Kier alpha value is -2.61. The zero-order valence-electron chi connectivity index (χ0n) is 17.9. The lowest BCUT2D eigenvalue weighted by Gasteiger charge is -2.24. The van der Waals surface area contributed by atoms with E-state index in [2.05, 4.69) is 33.4 Å². The number of guanidine groups is 1. The molecular formula is C21H32N6O2. The number of nitrogens with zero attached hydrogens (tertiary/aromatic N) is 5. The van der Waals surface area contributed by atoms with Gasteiger partial charge in [-0.05, 0) is 38.3 Å². The number of rotatable bonds is 8. The highest BCUT2D eigenvalue weighted by Gasteiger charge is 2.17. The lowest BCUT2D eigenvalue weighted by atomic mass is 10.2. The summed E-state index contributed by atoms with van der Waals surface area (Å²) >= 11 is 0. The average Bonchev–Trinajstić information content (AvgIpc) is 3.34. The number of aliphatic imine (C=N–C) groups is 1. The van der Waals surface area contributed by atoms with Crippen LogP contribution >= 0.6 is 0 Å². The minimum absolute atomic E-state index is 0.244. The van der Waals surface area contributed by atoms with Gasteiger partial charge in [0.1, 0.15) is 24.7 Å². The van der Waals surface area contributed by atoms with E-state index in [0.29, 0.717) is 19.7 Å². The van der Waals surface area contributed by atoms with Crippen molar-refractivity contribution < 1.29 is 9.47 Å². The lowest BCUT2D eigenvalue weighted by Crippen LogP contribution is -2.43. The van der Waals surface area contributed by atoms with Crippen molar-refractivity contribution in [2.75, 3.05) is 33.4 Å². The molecule has 1 N–H and O–H groups in total. The van der Waals surface area contributed by atoms with Crippen LogP contribution in [0, 0.1) is 13.8 Å². The van der Waals surface area contributed by atoms with Gasteiger partial charge in [0.05, 0.1) is 12.6 Å². The van der Waals surface area contributed by atoms with Gasteiger partial charge in [-0.3, -0.25) is 0 Å². The first-order valence-corrected chi connectivity index (χ1v) is 10.2. The molecule has 2 heterocycles. The molecule has 1 unspecified atom stereocenters. The second-order valence-corrected chi connectivity index (χ2v) is 7.41. The molecular weight excluding hydrogens is 368 g/mol. The Morgan fingerprint density at radius 3 is 2.86 bits per heavy atom. The number of benzene rings is 1. The molecule has 158 valence electrons. The molecule has 29 heavy (non-hydrogen) atoms. The minimum Gasteiger partial charge on any atom is -0.491 e. The van der Waals surface area contributed by atoms with Gasteiger partial charge >= 0.3 is 0 Å². The van der Waals surface area contributed by atoms with Gasteiger partial charge in [-0.15, -0.1) is 10.2 Å². The van der Waals surface area contributed by atoms with E-state index in [0.717, 1.165) is 54.9 Å². The highest BCUT2D eigenvalue weighted by Crippen LogP contribution is 2.16. The quantitative estimate of drug-likeness (QED) is 0.540. The fourth-order valence-electron chi connectivity index (χ4n) is 3.17. The highest BCUT2D eigenvalue weighted by molar-refractivity contribution is 5.79. The van der Waals surface area contributed by atoms with Crippen LogP contribution in [0.3, 0.4) is 0 Å². The van der Waals surface area contributed by atoms with Crippen molar-refractivity contribution in [2.24, 2.45) is 12.0 Å². The van der Waals surface area contributed by atoms with Crippen LogP contribution < -0.4 is 10.1 Å². The third kappa shape index (κ3) is 5.93. The number of aryl methyl sites for hydroxylation is 2. The van der Waals surface area contributed by atoms with Crippen LogP contribution in [0.5, 0.6) is 5.75 Å². The van der Waals surface area contributed by atoms with Crippen molar-refractivity contribution in [1.29, 1.82) is 0 Å². The summed E-state index contributed by atoms with van der Waals surface area (Å²) in [7, 11) is 3.98. The monoisotopic (exact) mass is 400 g/mol. The van der Waals surface area contributed by atoms with Crippen LogP contribution in [0.2, 0.25) is 0 Å². The van der Waals surface area contributed by atoms with E-state index in [1.54, 1.807) is 0 Å². The predicted molar refractivity (Wildman–Crippen MR) is 113 cm³/mol. The third-order valence-electron chi connectivity index (χ3n) is 5.20. The maximum absolute atomic E-state index is 5.95. The van der Waals surface area contributed by atoms with E-state index in [1.165, 1.54) is 0 Å². The summed E-state index contributed by atoms with van der Waals surface area (Å²) in [6.45, 7) is 7.34. The Bertz CT molecular complexity index is 813.